The summed E-state index contributed by atoms with van der Waals surface area (Å²) < 4.78 is 22.6. The molecule has 2 saturated heterocycles. The first-order valence-corrected chi connectivity index (χ1v) is 7.79. The van der Waals surface area contributed by atoms with Crippen LogP contribution in [0.1, 0.15) is 31.9 Å². The van der Waals surface area contributed by atoms with Crippen LogP contribution in [0.4, 0.5) is 0 Å². The van der Waals surface area contributed by atoms with Gasteiger partial charge in [0.2, 0.25) is 0 Å². The van der Waals surface area contributed by atoms with Gasteiger partial charge in [0, 0.05) is 13.5 Å². The van der Waals surface area contributed by atoms with Gasteiger partial charge in [-0.3, -0.25) is 9.59 Å². The topological polar surface area (TPSA) is 71.1 Å². The Morgan fingerprint density at radius 3 is 2.65 bits per heavy atom. The summed E-state index contributed by atoms with van der Waals surface area (Å²) >= 11 is 0. The van der Waals surface area contributed by atoms with E-state index >= 15 is 0 Å². The van der Waals surface area contributed by atoms with Gasteiger partial charge in [-0.2, -0.15) is 0 Å². The van der Waals surface area contributed by atoms with Crippen molar-refractivity contribution in [2.24, 2.45) is 0 Å². The van der Waals surface area contributed by atoms with Crippen LogP contribution in [0.5, 0.6) is 0 Å². The molecule has 6 heteroatoms. The number of hydrogen-bond acceptors (Lipinski definition) is 6. The Hall–Kier alpha value is -1.92. The molecular weight excluding hydrogens is 300 g/mol. The fourth-order valence-corrected chi connectivity index (χ4v) is 3.20. The highest BCUT2D eigenvalue weighted by Gasteiger charge is 2.55. The first-order valence-electron chi connectivity index (χ1n) is 7.79. The van der Waals surface area contributed by atoms with Crippen LogP contribution in [0.25, 0.3) is 0 Å². The Labute approximate surface area is 134 Å². The van der Waals surface area contributed by atoms with Crippen LogP contribution in [0.15, 0.2) is 30.3 Å². The number of hydrogen-bond donors (Lipinski definition) is 0. The molecule has 0 N–H and O–H groups in total. The first-order chi connectivity index (χ1) is 11.1. The number of benzene rings is 1. The largest absolute Gasteiger partial charge is 0.455 e. The summed E-state index contributed by atoms with van der Waals surface area (Å²) in [6, 6.07) is 9.47. The minimum absolute atomic E-state index is 0.142. The van der Waals surface area contributed by atoms with Crippen molar-refractivity contribution in [1.29, 1.82) is 0 Å². The van der Waals surface area contributed by atoms with Gasteiger partial charge >= 0.3 is 11.9 Å². The van der Waals surface area contributed by atoms with Crippen molar-refractivity contribution >= 4 is 11.9 Å². The van der Waals surface area contributed by atoms with E-state index in [2.05, 4.69) is 0 Å². The van der Waals surface area contributed by atoms with Crippen LogP contribution < -0.4 is 0 Å². The summed E-state index contributed by atoms with van der Waals surface area (Å²) in [5.74, 6) is -0.797. The monoisotopic (exact) mass is 320 g/mol. The molecule has 0 unspecified atom stereocenters. The summed E-state index contributed by atoms with van der Waals surface area (Å²) in [6.45, 7) is 3.67. The first kappa shape index (κ1) is 16.0. The molecule has 0 amide bonds. The highest BCUT2D eigenvalue weighted by Crippen LogP contribution is 2.41. The standard InChI is InChI=1S/C17H20O6/c1-3-20-12-9-13(19)22-17-15(12)23-14(16(17)21-10(2)18)11-7-5-4-6-8-11/h4-8,12,14-17H,3,9H2,1-2H3/t12-,14-,15+,16-,17-/m1/s1. The lowest BCUT2D eigenvalue weighted by atomic mass is 9.96. The van der Waals surface area contributed by atoms with E-state index in [0.717, 1.165) is 5.56 Å². The van der Waals surface area contributed by atoms with Crippen LogP contribution in [0.3, 0.4) is 0 Å². The zero-order chi connectivity index (χ0) is 16.4. The highest BCUT2D eigenvalue weighted by atomic mass is 16.7. The summed E-state index contributed by atoms with van der Waals surface area (Å²) in [7, 11) is 0. The summed E-state index contributed by atoms with van der Waals surface area (Å²) in [4.78, 5) is 23.4. The molecule has 2 aliphatic rings. The van der Waals surface area contributed by atoms with Gasteiger partial charge < -0.3 is 18.9 Å². The molecule has 124 valence electrons. The average Bonchev–Trinajstić information content (AvgIpc) is 2.87. The lowest BCUT2D eigenvalue weighted by Gasteiger charge is -2.32. The molecule has 0 spiro atoms. The molecule has 1 aromatic carbocycles. The van der Waals surface area contributed by atoms with Gasteiger partial charge in [-0.05, 0) is 12.5 Å². The Morgan fingerprint density at radius 1 is 1.26 bits per heavy atom. The van der Waals surface area contributed by atoms with E-state index in [0.29, 0.717) is 6.61 Å². The molecule has 2 fully saturated rings. The van der Waals surface area contributed by atoms with Crippen LogP contribution in [-0.2, 0) is 28.5 Å². The SMILES string of the molecule is CCO[C@@H]1CC(=O)O[C@@H]2[C@H]1O[C@H](c1ccccc1)[C@H]2OC(C)=O. The molecule has 0 saturated carbocycles. The molecule has 3 rings (SSSR count). The molecule has 5 atom stereocenters. The van der Waals surface area contributed by atoms with Crippen molar-refractivity contribution in [2.45, 2.75) is 50.8 Å². The number of carbonyl (C=O) groups is 2. The summed E-state index contributed by atoms with van der Waals surface area (Å²) in [5, 5.41) is 0. The van der Waals surface area contributed by atoms with E-state index in [9.17, 15) is 9.59 Å². The second-order valence-corrected chi connectivity index (χ2v) is 5.66. The van der Waals surface area contributed by atoms with Crippen molar-refractivity contribution < 1.29 is 28.5 Å². The Bertz CT molecular complexity index is 572. The zero-order valence-corrected chi connectivity index (χ0v) is 13.1. The molecule has 2 heterocycles. The van der Waals surface area contributed by atoms with Gasteiger partial charge in [0.25, 0.3) is 0 Å². The number of fused-ring (bicyclic) bond motifs is 1. The molecule has 0 aromatic heterocycles. The predicted octanol–water partition coefficient (Wildman–Crippen LogP) is 1.78. The molecular formula is C17H20O6. The van der Waals surface area contributed by atoms with Crippen LogP contribution in [0.2, 0.25) is 0 Å². The normalized spacial score (nSPS) is 33.0. The van der Waals surface area contributed by atoms with E-state index in [1.165, 1.54) is 6.92 Å². The summed E-state index contributed by atoms with van der Waals surface area (Å²) in [6.07, 6.45) is -2.50. The minimum Gasteiger partial charge on any atom is -0.455 e. The maximum absolute atomic E-state index is 11.9. The van der Waals surface area contributed by atoms with Crippen LogP contribution >= 0.6 is 0 Å². The van der Waals surface area contributed by atoms with Crippen molar-refractivity contribution in [3.8, 4) is 0 Å². The average molecular weight is 320 g/mol. The van der Waals surface area contributed by atoms with E-state index in [-0.39, 0.29) is 12.4 Å². The van der Waals surface area contributed by atoms with Crippen LogP contribution in [-0.4, -0.2) is 43.0 Å². The third-order valence-corrected chi connectivity index (χ3v) is 4.06. The molecule has 0 bridgehead atoms. The zero-order valence-electron chi connectivity index (χ0n) is 13.1. The van der Waals surface area contributed by atoms with E-state index in [1.807, 2.05) is 37.3 Å². The molecule has 0 aliphatic carbocycles. The Kier molecular flexibility index (Phi) is 4.63. The van der Waals surface area contributed by atoms with Crippen molar-refractivity contribution in [1.82, 2.24) is 0 Å². The van der Waals surface area contributed by atoms with Crippen molar-refractivity contribution in [3.63, 3.8) is 0 Å². The molecule has 0 radical (unpaired) electrons. The van der Waals surface area contributed by atoms with E-state index in [1.54, 1.807) is 0 Å². The molecule has 6 nitrogen and oxygen atoms in total. The lowest BCUT2D eigenvalue weighted by Crippen LogP contribution is -2.49. The number of esters is 2. The highest BCUT2D eigenvalue weighted by molar-refractivity contribution is 5.72. The van der Waals surface area contributed by atoms with Crippen molar-refractivity contribution in [3.05, 3.63) is 35.9 Å². The van der Waals surface area contributed by atoms with E-state index < -0.39 is 36.5 Å². The third-order valence-electron chi connectivity index (χ3n) is 4.06. The van der Waals surface area contributed by atoms with Gasteiger partial charge in [-0.1, -0.05) is 30.3 Å². The van der Waals surface area contributed by atoms with Gasteiger partial charge in [0.05, 0.1) is 12.5 Å². The van der Waals surface area contributed by atoms with Gasteiger partial charge in [-0.15, -0.1) is 0 Å². The van der Waals surface area contributed by atoms with Gasteiger partial charge in [0.1, 0.15) is 12.2 Å². The second-order valence-electron chi connectivity index (χ2n) is 5.66. The number of ether oxygens (including phenoxy) is 4. The maximum atomic E-state index is 11.9. The molecule has 1 aromatic rings. The Balaban J connectivity index is 1.91. The number of carbonyl (C=O) groups excluding carboxylic acids is 2. The maximum Gasteiger partial charge on any atom is 0.309 e. The van der Waals surface area contributed by atoms with Crippen molar-refractivity contribution in [2.75, 3.05) is 6.61 Å². The second kappa shape index (κ2) is 6.68. The van der Waals surface area contributed by atoms with Gasteiger partial charge in [-0.25, -0.2) is 0 Å². The van der Waals surface area contributed by atoms with Crippen LogP contribution in [0, 0.1) is 0 Å². The van der Waals surface area contributed by atoms with E-state index in [4.69, 9.17) is 18.9 Å². The third kappa shape index (κ3) is 3.23. The molecule has 2 aliphatic heterocycles. The lowest BCUT2D eigenvalue weighted by molar-refractivity contribution is -0.184. The van der Waals surface area contributed by atoms with Gasteiger partial charge in [0.15, 0.2) is 12.2 Å². The smallest absolute Gasteiger partial charge is 0.309 e. The Morgan fingerprint density at radius 2 is 2.00 bits per heavy atom. The fourth-order valence-electron chi connectivity index (χ4n) is 3.20. The predicted molar refractivity (Wildman–Crippen MR) is 79.5 cm³/mol. The quantitative estimate of drug-likeness (QED) is 0.788. The minimum atomic E-state index is -0.674. The summed E-state index contributed by atoms with van der Waals surface area (Å²) in [5.41, 5.74) is 0.874. The number of rotatable bonds is 4. The molecule has 23 heavy (non-hydrogen) atoms. The fraction of sp³-hybridized carbons (Fsp3) is 0.529.